The van der Waals surface area contributed by atoms with Crippen molar-refractivity contribution in [3.05, 3.63) is 46.6 Å². The Morgan fingerprint density at radius 3 is 2.68 bits per heavy atom. The number of anilines is 2. The third-order valence-corrected chi connectivity index (χ3v) is 5.60. The Labute approximate surface area is 184 Å². The van der Waals surface area contributed by atoms with E-state index in [9.17, 15) is 4.79 Å². The number of pyridine rings is 1. The van der Waals surface area contributed by atoms with Gasteiger partial charge in [0.05, 0.1) is 0 Å². The van der Waals surface area contributed by atoms with Crippen LogP contribution in [0, 0.1) is 0 Å². The molecule has 1 aliphatic heterocycles. The van der Waals surface area contributed by atoms with Crippen molar-refractivity contribution in [2.75, 3.05) is 38.0 Å². The topological polar surface area (TPSA) is 127 Å². The van der Waals surface area contributed by atoms with E-state index in [1.807, 2.05) is 18.2 Å². The summed E-state index contributed by atoms with van der Waals surface area (Å²) in [6.45, 7) is 6.23. The van der Waals surface area contributed by atoms with E-state index in [0.717, 1.165) is 70.4 Å². The lowest BCUT2D eigenvalue weighted by molar-refractivity contribution is 0.208. The molecule has 3 rings (SSSR count). The summed E-state index contributed by atoms with van der Waals surface area (Å²) in [4.78, 5) is 23.3. The quantitative estimate of drug-likeness (QED) is 0.369. The third kappa shape index (κ3) is 8.02. The number of likely N-dealkylation sites (tertiary alicyclic amines) is 1. The molecule has 0 saturated carbocycles. The SMILES string of the molecule is NCCCNCc1ccnc(Nc2ccn(CCCCN3CCC(N)CC3)c(=O)n2)c1. The maximum Gasteiger partial charge on any atom is 0.349 e. The average Bonchev–Trinajstić information content (AvgIpc) is 2.77. The van der Waals surface area contributed by atoms with Gasteiger partial charge in [0.15, 0.2) is 0 Å². The molecule has 1 saturated heterocycles. The van der Waals surface area contributed by atoms with Gasteiger partial charge in [0.25, 0.3) is 0 Å². The molecule has 9 nitrogen and oxygen atoms in total. The highest BCUT2D eigenvalue weighted by molar-refractivity contribution is 5.51. The molecule has 0 atom stereocenters. The smallest absolute Gasteiger partial charge is 0.330 e. The Morgan fingerprint density at radius 1 is 1.10 bits per heavy atom. The summed E-state index contributed by atoms with van der Waals surface area (Å²) in [5.74, 6) is 1.18. The first-order valence-electron chi connectivity index (χ1n) is 11.3. The van der Waals surface area contributed by atoms with Crippen LogP contribution in [0.2, 0.25) is 0 Å². The van der Waals surface area contributed by atoms with Crippen molar-refractivity contribution in [2.45, 2.75) is 51.2 Å². The predicted molar refractivity (Wildman–Crippen MR) is 124 cm³/mol. The van der Waals surface area contributed by atoms with Crippen molar-refractivity contribution in [1.82, 2.24) is 24.8 Å². The van der Waals surface area contributed by atoms with Gasteiger partial charge in [-0.1, -0.05) is 0 Å². The second-order valence-electron chi connectivity index (χ2n) is 8.17. The van der Waals surface area contributed by atoms with Gasteiger partial charge in [-0.05, 0) is 88.6 Å². The van der Waals surface area contributed by atoms with Crippen molar-refractivity contribution in [3.8, 4) is 0 Å². The van der Waals surface area contributed by atoms with Gasteiger partial charge >= 0.3 is 5.69 Å². The summed E-state index contributed by atoms with van der Waals surface area (Å²) < 4.78 is 1.67. The van der Waals surface area contributed by atoms with Crippen LogP contribution >= 0.6 is 0 Å². The van der Waals surface area contributed by atoms with E-state index in [-0.39, 0.29) is 5.69 Å². The fourth-order valence-corrected chi connectivity index (χ4v) is 3.71. The highest BCUT2D eigenvalue weighted by Crippen LogP contribution is 2.12. The zero-order chi connectivity index (χ0) is 21.9. The van der Waals surface area contributed by atoms with Crippen molar-refractivity contribution in [2.24, 2.45) is 11.5 Å². The van der Waals surface area contributed by atoms with E-state index < -0.39 is 0 Å². The molecule has 170 valence electrons. The summed E-state index contributed by atoms with van der Waals surface area (Å²) in [5.41, 5.74) is 12.3. The van der Waals surface area contributed by atoms with Crippen LogP contribution in [0.25, 0.3) is 0 Å². The molecule has 31 heavy (non-hydrogen) atoms. The van der Waals surface area contributed by atoms with Gasteiger partial charge in [-0.25, -0.2) is 9.78 Å². The van der Waals surface area contributed by atoms with Crippen LogP contribution in [-0.4, -0.2) is 58.2 Å². The summed E-state index contributed by atoms with van der Waals surface area (Å²) in [5, 5.41) is 6.47. The molecule has 9 heteroatoms. The molecule has 0 spiro atoms. The van der Waals surface area contributed by atoms with Crippen LogP contribution in [0.3, 0.4) is 0 Å². The minimum atomic E-state index is -0.242. The molecule has 0 bridgehead atoms. The molecule has 1 fully saturated rings. The van der Waals surface area contributed by atoms with Gasteiger partial charge in [-0.15, -0.1) is 0 Å². The second-order valence-corrected chi connectivity index (χ2v) is 8.17. The van der Waals surface area contributed by atoms with Gasteiger partial charge in [0.2, 0.25) is 0 Å². The fraction of sp³-hybridized carbons (Fsp3) is 0.591. The minimum absolute atomic E-state index is 0.242. The molecule has 0 unspecified atom stereocenters. The van der Waals surface area contributed by atoms with E-state index >= 15 is 0 Å². The maximum absolute atomic E-state index is 12.4. The van der Waals surface area contributed by atoms with Crippen molar-refractivity contribution < 1.29 is 0 Å². The second kappa shape index (κ2) is 12.5. The molecule has 1 aliphatic rings. The van der Waals surface area contributed by atoms with Crippen LogP contribution in [0.15, 0.2) is 35.4 Å². The number of hydrogen-bond acceptors (Lipinski definition) is 8. The first kappa shape index (κ1) is 23.3. The molecule has 0 amide bonds. The first-order chi connectivity index (χ1) is 15.1. The molecular weight excluding hydrogens is 392 g/mol. The normalized spacial score (nSPS) is 15.3. The molecule has 0 aliphatic carbocycles. The van der Waals surface area contributed by atoms with E-state index in [4.69, 9.17) is 11.5 Å². The Bertz CT molecular complexity index is 847. The molecule has 2 aromatic heterocycles. The van der Waals surface area contributed by atoms with Gasteiger partial charge in [-0.2, -0.15) is 4.98 Å². The number of piperidine rings is 1. The van der Waals surface area contributed by atoms with Gasteiger partial charge < -0.3 is 27.0 Å². The van der Waals surface area contributed by atoms with Gasteiger partial charge in [0.1, 0.15) is 11.6 Å². The summed E-state index contributed by atoms with van der Waals surface area (Å²) >= 11 is 0. The van der Waals surface area contributed by atoms with Gasteiger partial charge in [-0.3, -0.25) is 4.57 Å². The van der Waals surface area contributed by atoms with E-state index in [2.05, 4.69) is 25.5 Å². The van der Waals surface area contributed by atoms with Crippen LogP contribution in [0.1, 0.15) is 37.7 Å². The Kier molecular flexibility index (Phi) is 9.41. The molecule has 6 N–H and O–H groups in total. The lowest BCUT2D eigenvalue weighted by Crippen LogP contribution is -2.40. The summed E-state index contributed by atoms with van der Waals surface area (Å²) in [7, 11) is 0. The van der Waals surface area contributed by atoms with E-state index in [1.165, 1.54) is 0 Å². The number of nitrogens with zero attached hydrogens (tertiary/aromatic N) is 4. The number of hydrogen-bond donors (Lipinski definition) is 4. The van der Waals surface area contributed by atoms with Crippen molar-refractivity contribution in [3.63, 3.8) is 0 Å². The highest BCUT2D eigenvalue weighted by atomic mass is 16.1. The van der Waals surface area contributed by atoms with Crippen LogP contribution in [0.5, 0.6) is 0 Å². The zero-order valence-electron chi connectivity index (χ0n) is 18.3. The molecular formula is C22H36N8O. The molecule has 3 heterocycles. The first-order valence-corrected chi connectivity index (χ1v) is 11.3. The predicted octanol–water partition coefficient (Wildman–Crippen LogP) is 1.02. The van der Waals surface area contributed by atoms with Crippen LogP contribution in [0.4, 0.5) is 11.6 Å². The minimum Gasteiger partial charge on any atom is -0.330 e. The number of rotatable bonds is 12. The number of nitrogens with one attached hydrogen (secondary N) is 2. The number of unbranched alkanes of at least 4 members (excludes halogenated alkanes) is 1. The number of nitrogens with two attached hydrogens (primary N) is 2. The fourth-order valence-electron chi connectivity index (χ4n) is 3.71. The highest BCUT2D eigenvalue weighted by Gasteiger charge is 2.15. The summed E-state index contributed by atoms with van der Waals surface area (Å²) in [6, 6.07) is 6.10. The Balaban J connectivity index is 1.44. The monoisotopic (exact) mass is 428 g/mol. The third-order valence-electron chi connectivity index (χ3n) is 5.60. The summed E-state index contributed by atoms with van der Waals surface area (Å²) in [6.07, 6.45) is 8.69. The van der Waals surface area contributed by atoms with E-state index in [1.54, 1.807) is 17.0 Å². The lowest BCUT2D eigenvalue weighted by Gasteiger charge is -2.29. The molecule has 0 aromatic carbocycles. The standard InChI is InChI=1S/C22H36N8O/c23-8-3-9-25-17-18-4-10-26-21(16-18)27-20-7-15-30(22(31)28-20)12-2-1-11-29-13-5-19(24)6-14-29/h4,7,10,15-16,19,25H,1-3,5-6,8-9,11-14,17,23-24H2,(H,26,27,28,31). The Morgan fingerprint density at radius 2 is 1.90 bits per heavy atom. The average molecular weight is 429 g/mol. The molecule has 2 aromatic rings. The Hall–Kier alpha value is -2.33. The largest absolute Gasteiger partial charge is 0.349 e. The number of aryl methyl sites for hydroxylation is 1. The number of aromatic nitrogens is 3. The molecule has 0 radical (unpaired) electrons. The van der Waals surface area contributed by atoms with Crippen LogP contribution in [-0.2, 0) is 13.1 Å². The van der Waals surface area contributed by atoms with Crippen molar-refractivity contribution >= 4 is 11.6 Å². The maximum atomic E-state index is 12.4. The van der Waals surface area contributed by atoms with E-state index in [0.29, 0.717) is 30.8 Å². The van der Waals surface area contributed by atoms with Crippen molar-refractivity contribution in [1.29, 1.82) is 0 Å². The van der Waals surface area contributed by atoms with Crippen LogP contribution < -0.4 is 27.8 Å². The van der Waals surface area contributed by atoms with Gasteiger partial charge in [0, 0.05) is 31.5 Å². The zero-order valence-corrected chi connectivity index (χ0v) is 18.3. The lowest BCUT2D eigenvalue weighted by atomic mass is 10.1.